The summed E-state index contributed by atoms with van der Waals surface area (Å²) in [5.41, 5.74) is 4.07. The van der Waals surface area contributed by atoms with E-state index in [0.29, 0.717) is 34.0 Å². The highest BCUT2D eigenvalue weighted by atomic mass is 35.5. The number of nitrogens with zero attached hydrogens (tertiary/aromatic N) is 3. The monoisotopic (exact) mass is 480 g/mol. The zero-order valence-corrected chi connectivity index (χ0v) is 19.2. The highest BCUT2D eigenvalue weighted by Gasteiger charge is 2.25. The number of carboxylic acid groups (broad SMARTS) is 1. The van der Waals surface area contributed by atoms with E-state index in [1.54, 1.807) is 16.7 Å². The molecule has 0 aliphatic carbocycles. The normalized spacial score (nSPS) is 13.0. The number of aryl methyl sites for hydroxylation is 1. The lowest BCUT2D eigenvalue weighted by Crippen LogP contribution is -2.22. The van der Waals surface area contributed by atoms with E-state index in [4.69, 9.17) is 28.2 Å². The second kappa shape index (κ2) is 7.86. The van der Waals surface area contributed by atoms with Gasteiger partial charge in [-0.1, -0.05) is 35.3 Å². The van der Waals surface area contributed by atoms with Gasteiger partial charge >= 0.3 is 5.97 Å². The van der Waals surface area contributed by atoms with E-state index >= 15 is 0 Å². The van der Waals surface area contributed by atoms with Crippen LogP contribution in [0.5, 0.6) is 0 Å². The van der Waals surface area contributed by atoms with Crippen LogP contribution in [-0.4, -0.2) is 25.6 Å². The lowest BCUT2D eigenvalue weighted by Gasteiger charge is -2.19. The van der Waals surface area contributed by atoms with Gasteiger partial charge in [-0.05, 0) is 55.3 Å². The Morgan fingerprint density at radius 3 is 2.70 bits per heavy atom. The Kier molecular flexibility index (Phi) is 5.11. The number of hydrogen-bond acceptors (Lipinski definition) is 5. The van der Waals surface area contributed by atoms with Crippen molar-refractivity contribution in [2.75, 3.05) is 5.32 Å². The van der Waals surface area contributed by atoms with Gasteiger partial charge in [0.05, 0.1) is 29.2 Å². The first kappa shape index (κ1) is 21.4. The number of carbonyl (C=O) groups is 1. The van der Waals surface area contributed by atoms with Crippen LogP contribution >= 0.6 is 23.2 Å². The molecule has 2 aromatic carbocycles. The number of carboxylic acids is 1. The summed E-state index contributed by atoms with van der Waals surface area (Å²) in [4.78, 5) is 33.9. The largest absolute Gasteiger partial charge is 0.476 e. The summed E-state index contributed by atoms with van der Waals surface area (Å²) in [7, 11) is 0. The molecule has 0 saturated carbocycles. The first-order valence-corrected chi connectivity index (χ1v) is 11.0. The van der Waals surface area contributed by atoms with Gasteiger partial charge in [-0.15, -0.1) is 0 Å². The minimum Gasteiger partial charge on any atom is -0.476 e. The molecule has 0 amide bonds. The topological polar surface area (TPSA) is 97.1 Å². The van der Waals surface area contributed by atoms with Crippen LogP contribution in [0.3, 0.4) is 0 Å². The molecule has 1 atom stereocenters. The molecule has 0 unspecified atom stereocenters. The van der Waals surface area contributed by atoms with Crippen molar-refractivity contribution in [1.29, 1.82) is 0 Å². The van der Waals surface area contributed by atoms with Crippen molar-refractivity contribution < 1.29 is 9.90 Å². The number of nitrogens with one attached hydrogen (secondary N) is 1. The van der Waals surface area contributed by atoms with Crippen molar-refractivity contribution >= 4 is 45.8 Å². The van der Waals surface area contributed by atoms with E-state index in [9.17, 15) is 14.7 Å². The summed E-state index contributed by atoms with van der Waals surface area (Å²) >= 11 is 12.1. The smallest absolute Gasteiger partial charge is 0.356 e. The van der Waals surface area contributed by atoms with E-state index < -0.39 is 5.97 Å². The number of fused-ring (bicyclic) bond motifs is 4. The van der Waals surface area contributed by atoms with Crippen LogP contribution in [0, 0.1) is 6.92 Å². The molecular weight excluding hydrogens is 463 g/mol. The highest BCUT2D eigenvalue weighted by Crippen LogP contribution is 2.34. The molecule has 1 aliphatic rings. The molecule has 0 saturated heterocycles. The number of aromatic nitrogens is 3. The molecule has 9 heteroatoms. The molecule has 2 aromatic heterocycles. The number of benzene rings is 2. The number of aromatic carboxylic acids is 1. The third-order valence-corrected chi connectivity index (χ3v) is 6.22. The SMILES string of the molecule is Cc1cc([C@@H](C)Nc2ccc(Cl)nc2C(=O)O)c2nc3n(c(=O)c2c1)Cc1ccc(Cl)cc1-3. The minimum absolute atomic E-state index is 0.0918. The second-order valence-electron chi connectivity index (χ2n) is 8.08. The van der Waals surface area contributed by atoms with Gasteiger partial charge in [-0.25, -0.2) is 14.8 Å². The Morgan fingerprint density at radius 1 is 1.15 bits per heavy atom. The molecule has 5 rings (SSSR count). The van der Waals surface area contributed by atoms with Gasteiger partial charge in [0.25, 0.3) is 5.56 Å². The number of rotatable bonds is 4. The summed E-state index contributed by atoms with van der Waals surface area (Å²) in [6.45, 7) is 4.24. The predicted octanol–water partition coefficient (Wildman–Crippen LogP) is 5.31. The third kappa shape index (κ3) is 3.63. The maximum Gasteiger partial charge on any atom is 0.356 e. The van der Waals surface area contributed by atoms with E-state index in [1.807, 2.05) is 38.1 Å². The average Bonchev–Trinajstić information content (AvgIpc) is 3.13. The van der Waals surface area contributed by atoms with Crippen LogP contribution in [0.15, 0.2) is 47.3 Å². The maximum atomic E-state index is 13.4. The Bertz CT molecular complexity index is 1530. The molecule has 33 heavy (non-hydrogen) atoms. The van der Waals surface area contributed by atoms with Crippen LogP contribution in [0.2, 0.25) is 10.2 Å². The van der Waals surface area contributed by atoms with Gasteiger partial charge in [-0.3, -0.25) is 9.36 Å². The molecule has 3 heterocycles. The van der Waals surface area contributed by atoms with Crippen LogP contribution in [0.1, 0.15) is 40.1 Å². The van der Waals surface area contributed by atoms with Crippen LogP contribution in [-0.2, 0) is 6.54 Å². The van der Waals surface area contributed by atoms with E-state index in [1.165, 1.54) is 6.07 Å². The van der Waals surface area contributed by atoms with Crippen LogP contribution in [0.4, 0.5) is 5.69 Å². The maximum absolute atomic E-state index is 13.4. The number of hydrogen-bond donors (Lipinski definition) is 2. The summed E-state index contributed by atoms with van der Waals surface area (Å²) in [6, 6.07) is 12.0. The molecule has 0 radical (unpaired) electrons. The van der Waals surface area contributed by atoms with Gasteiger partial charge in [0.1, 0.15) is 11.0 Å². The molecule has 0 bridgehead atoms. The van der Waals surface area contributed by atoms with Crippen molar-refractivity contribution in [1.82, 2.24) is 14.5 Å². The van der Waals surface area contributed by atoms with Crippen molar-refractivity contribution in [2.45, 2.75) is 26.4 Å². The van der Waals surface area contributed by atoms with Crippen molar-refractivity contribution in [3.8, 4) is 11.4 Å². The molecule has 0 fully saturated rings. The lowest BCUT2D eigenvalue weighted by atomic mass is 10.0. The fourth-order valence-electron chi connectivity index (χ4n) is 4.28. The standard InChI is InChI=1S/C24H18Cl2N4O3/c1-11-7-15(12(2)27-18-5-6-19(26)28-21(18)24(32)33)20-17(8-11)23(31)30-10-13-3-4-14(25)9-16(13)22(30)29-20/h3-9,12,27H,10H2,1-2H3,(H,32,33)/t12-/m1/s1. The number of anilines is 1. The van der Waals surface area contributed by atoms with Gasteiger partial charge in [0.15, 0.2) is 5.69 Å². The van der Waals surface area contributed by atoms with Gasteiger partial charge in [0, 0.05) is 16.1 Å². The quantitative estimate of drug-likeness (QED) is 0.338. The molecule has 7 nitrogen and oxygen atoms in total. The zero-order valence-electron chi connectivity index (χ0n) is 17.7. The molecular formula is C24H18Cl2N4O3. The minimum atomic E-state index is -1.19. The summed E-state index contributed by atoms with van der Waals surface area (Å²) in [5.74, 6) is -0.620. The van der Waals surface area contributed by atoms with E-state index in [2.05, 4.69) is 10.3 Å². The Hall–Kier alpha value is -3.42. The lowest BCUT2D eigenvalue weighted by molar-refractivity contribution is 0.0691. The van der Waals surface area contributed by atoms with Crippen molar-refractivity contribution in [3.63, 3.8) is 0 Å². The summed E-state index contributed by atoms with van der Waals surface area (Å²) in [5, 5.41) is 13.9. The number of halogens is 2. The van der Waals surface area contributed by atoms with Gasteiger partial charge in [0.2, 0.25) is 0 Å². The number of pyridine rings is 1. The Balaban J connectivity index is 1.67. The third-order valence-electron chi connectivity index (χ3n) is 5.78. The second-order valence-corrected chi connectivity index (χ2v) is 8.90. The van der Waals surface area contributed by atoms with Gasteiger partial charge < -0.3 is 10.4 Å². The first-order chi connectivity index (χ1) is 15.7. The molecule has 0 spiro atoms. The Morgan fingerprint density at radius 2 is 1.94 bits per heavy atom. The zero-order chi connectivity index (χ0) is 23.4. The van der Waals surface area contributed by atoms with Crippen molar-refractivity contribution in [3.05, 3.63) is 85.4 Å². The molecule has 1 aliphatic heterocycles. The first-order valence-electron chi connectivity index (χ1n) is 10.2. The van der Waals surface area contributed by atoms with Gasteiger partial charge in [-0.2, -0.15) is 0 Å². The Labute approximate surface area is 198 Å². The average molecular weight is 481 g/mol. The molecule has 4 aromatic rings. The summed E-state index contributed by atoms with van der Waals surface area (Å²) in [6.07, 6.45) is 0. The fourth-order valence-corrected chi connectivity index (χ4v) is 4.60. The van der Waals surface area contributed by atoms with Crippen LogP contribution in [0.25, 0.3) is 22.3 Å². The fraction of sp³-hybridized carbons (Fsp3) is 0.167. The van der Waals surface area contributed by atoms with Crippen LogP contribution < -0.4 is 10.9 Å². The van der Waals surface area contributed by atoms with E-state index in [-0.39, 0.29) is 22.4 Å². The predicted molar refractivity (Wildman–Crippen MR) is 129 cm³/mol. The molecule has 2 N–H and O–H groups in total. The van der Waals surface area contributed by atoms with Crippen molar-refractivity contribution in [2.24, 2.45) is 0 Å². The molecule has 166 valence electrons. The highest BCUT2D eigenvalue weighted by molar-refractivity contribution is 6.31. The van der Waals surface area contributed by atoms with E-state index in [0.717, 1.165) is 22.3 Å². The summed E-state index contributed by atoms with van der Waals surface area (Å²) < 4.78 is 1.66.